The smallest absolute Gasteiger partial charge is 0.214 e. The second-order valence-corrected chi connectivity index (χ2v) is 8.63. The molecule has 2 heteroatoms. The van der Waals surface area contributed by atoms with Gasteiger partial charge in [-0.2, -0.15) is 4.57 Å². The van der Waals surface area contributed by atoms with Gasteiger partial charge >= 0.3 is 0 Å². The summed E-state index contributed by atoms with van der Waals surface area (Å²) in [7, 11) is 2.19. The molecule has 2 aromatic heterocycles. The van der Waals surface area contributed by atoms with Gasteiger partial charge in [-0.15, -0.1) is 0 Å². The lowest BCUT2D eigenvalue weighted by Gasteiger charge is -2.12. The van der Waals surface area contributed by atoms with Crippen LogP contribution in [0.1, 0.15) is 11.1 Å². The van der Waals surface area contributed by atoms with Crippen molar-refractivity contribution in [2.75, 3.05) is 0 Å². The average Bonchev–Trinajstić information content (AvgIpc) is 3.17. The standard InChI is InChI=1S/C30H25N2/c1-20-17-18-27-30(24-14-8-10-16-26(24)32(27)22-11-5-4-6-12-22)29(20)28-19-21(2)23-13-7-9-15-25(23)31(28)3/h4-19H,1-3H3/q+1. The number of nitrogens with zero attached hydrogens (tertiary/aromatic N) is 2. The highest BCUT2D eigenvalue weighted by Gasteiger charge is 2.23. The Morgan fingerprint density at radius 2 is 1.31 bits per heavy atom. The lowest BCUT2D eigenvalue weighted by atomic mass is 9.96. The van der Waals surface area contributed by atoms with Gasteiger partial charge in [0.2, 0.25) is 11.2 Å². The van der Waals surface area contributed by atoms with Crippen molar-refractivity contribution in [2.24, 2.45) is 7.05 Å². The van der Waals surface area contributed by atoms with Gasteiger partial charge in [-0.25, -0.2) is 0 Å². The van der Waals surface area contributed by atoms with Gasteiger partial charge in [0.1, 0.15) is 7.05 Å². The van der Waals surface area contributed by atoms with Crippen LogP contribution in [0.15, 0.2) is 97.1 Å². The highest BCUT2D eigenvalue weighted by Crippen LogP contribution is 2.39. The molecule has 0 atom stereocenters. The Morgan fingerprint density at radius 1 is 0.625 bits per heavy atom. The largest absolute Gasteiger partial charge is 0.309 e. The van der Waals surface area contributed by atoms with E-state index in [4.69, 9.17) is 0 Å². The molecular weight excluding hydrogens is 388 g/mol. The van der Waals surface area contributed by atoms with Gasteiger partial charge in [0, 0.05) is 34.0 Å². The van der Waals surface area contributed by atoms with Crippen LogP contribution in [-0.2, 0) is 7.05 Å². The molecule has 154 valence electrons. The third-order valence-corrected chi connectivity index (χ3v) is 6.72. The minimum Gasteiger partial charge on any atom is -0.309 e. The van der Waals surface area contributed by atoms with Crippen LogP contribution in [0.4, 0.5) is 0 Å². The van der Waals surface area contributed by atoms with Crippen LogP contribution in [0.2, 0.25) is 0 Å². The third kappa shape index (κ3) is 2.63. The number of benzene rings is 4. The molecule has 2 nitrogen and oxygen atoms in total. The van der Waals surface area contributed by atoms with E-state index in [1.807, 2.05) is 0 Å². The molecule has 0 aliphatic rings. The van der Waals surface area contributed by atoms with Gasteiger partial charge in [-0.05, 0) is 55.3 Å². The first-order chi connectivity index (χ1) is 15.6. The van der Waals surface area contributed by atoms with Crippen molar-refractivity contribution >= 4 is 32.7 Å². The summed E-state index contributed by atoms with van der Waals surface area (Å²) in [5, 5.41) is 3.90. The Bertz CT molecular complexity index is 1640. The van der Waals surface area contributed by atoms with Crippen molar-refractivity contribution in [3.8, 4) is 16.9 Å². The van der Waals surface area contributed by atoms with Gasteiger partial charge in [0.25, 0.3) is 0 Å². The van der Waals surface area contributed by atoms with Crippen LogP contribution in [-0.4, -0.2) is 4.57 Å². The molecular formula is C30H25N2+. The maximum Gasteiger partial charge on any atom is 0.214 e. The van der Waals surface area contributed by atoms with Gasteiger partial charge in [-0.1, -0.05) is 54.6 Å². The summed E-state index contributed by atoms with van der Waals surface area (Å²) in [6.07, 6.45) is 0. The summed E-state index contributed by atoms with van der Waals surface area (Å²) in [6, 6.07) is 35.0. The first-order valence-corrected chi connectivity index (χ1v) is 11.1. The van der Waals surface area contributed by atoms with E-state index in [1.54, 1.807) is 0 Å². The fourth-order valence-electron chi connectivity index (χ4n) is 5.20. The Balaban J connectivity index is 1.80. The predicted octanol–water partition coefficient (Wildman–Crippen LogP) is 7.05. The molecule has 0 unspecified atom stereocenters. The van der Waals surface area contributed by atoms with E-state index in [1.165, 1.54) is 60.8 Å². The zero-order chi connectivity index (χ0) is 21.8. The molecule has 32 heavy (non-hydrogen) atoms. The topological polar surface area (TPSA) is 8.81 Å². The maximum absolute atomic E-state index is 2.39. The van der Waals surface area contributed by atoms with Crippen molar-refractivity contribution < 1.29 is 4.57 Å². The zero-order valence-corrected chi connectivity index (χ0v) is 18.6. The number of pyridine rings is 1. The first kappa shape index (κ1) is 18.8. The van der Waals surface area contributed by atoms with E-state index in [9.17, 15) is 0 Å². The number of aromatic nitrogens is 2. The molecule has 0 bridgehead atoms. The van der Waals surface area contributed by atoms with Gasteiger partial charge < -0.3 is 4.57 Å². The molecule has 6 rings (SSSR count). The minimum atomic E-state index is 1.19. The zero-order valence-electron chi connectivity index (χ0n) is 18.6. The van der Waals surface area contributed by atoms with Gasteiger partial charge in [0.05, 0.1) is 16.6 Å². The Morgan fingerprint density at radius 3 is 2.12 bits per heavy atom. The van der Waals surface area contributed by atoms with Crippen molar-refractivity contribution in [3.63, 3.8) is 0 Å². The number of para-hydroxylation sites is 3. The summed E-state index contributed by atoms with van der Waals surface area (Å²) in [5.74, 6) is 0. The fourth-order valence-corrected chi connectivity index (χ4v) is 5.20. The highest BCUT2D eigenvalue weighted by atomic mass is 15.0. The van der Waals surface area contributed by atoms with Crippen LogP contribution in [0.25, 0.3) is 49.7 Å². The van der Waals surface area contributed by atoms with Gasteiger partial charge in [-0.3, -0.25) is 0 Å². The monoisotopic (exact) mass is 413 g/mol. The molecule has 0 saturated carbocycles. The van der Waals surface area contributed by atoms with Crippen LogP contribution >= 0.6 is 0 Å². The molecule has 0 radical (unpaired) electrons. The van der Waals surface area contributed by atoms with E-state index in [0.717, 1.165) is 0 Å². The van der Waals surface area contributed by atoms with E-state index >= 15 is 0 Å². The van der Waals surface area contributed by atoms with E-state index in [-0.39, 0.29) is 0 Å². The highest BCUT2D eigenvalue weighted by molar-refractivity contribution is 6.16. The number of rotatable bonds is 2. The molecule has 2 heterocycles. The second kappa shape index (κ2) is 7.06. The number of fused-ring (bicyclic) bond motifs is 4. The van der Waals surface area contributed by atoms with E-state index in [0.29, 0.717) is 0 Å². The molecule has 0 N–H and O–H groups in total. The third-order valence-electron chi connectivity index (χ3n) is 6.72. The number of hydrogen-bond donors (Lipinski definition) is 0. The Kier molecular flexibility index (Phi) is 4.16. The summed E-state index contributed by atoms with van der Waals surface area (Å²) >= 11 is 0. The van der Waals surface area contributed by atoms with Crippen molar-refractivity contribution in [1.82, 2.24) is 4.57 Å². The summed E-state index contributed by atoms with van der Waals surface area (Å²) < 4.78 is 4.74. The van der Waals surface area contributed by atoms with Crippen LogP contribution < -0.4 is 4.57 Å². The van der Waals surface area contributed by atoms with Crippen molar-refractivity contribution in [2.45, 2.75) is 13.8 Å². The SMILES string of the molecule is Cc1ccc2c(c1-c1cc(C)c3ccccc3[n+]1C)c1ccccc1n2-c1ccccc1. The van der Waals surface area contributed by atoms with Crippen LogP contribution in [0, 0.1) is 13.8 Å². The number of aryl methyl sites for hydroxylation is 3. The van der Waals surface area contributed by atoms with Crippen molar-refractivity contribution in [1.29, 1.82) is 0 Å². The lowest BCUT2D eigenvalue weighted by Crippen LogP contribution is -2.32. The molecule has 0 amide bonds. The second-order valence-electron chi connectivity index (χ2n) is 8.63. The minimum absolute atomic E-state index is 1.19. The summed E-state index contributed by atoms with van der Waals surface area (Å²) in [4.78, 5) is 0. The lowest BCUT2D eigenvalue weighted by molar-refractivity contribution is -0.633. The molecule has 0 aliphatic carbocycles. The fraction of sp³-hybridized carbons (Fsp3) is 0.100. The van der Waals surface area contributed by atoms with E-state index in [2.05, 4.69) is 127 Å². The first-order valence-electron chi connectivity index (χ1n) is 11.1. The van der Waals surface area contributed by atoms with Crippen LogP contribution in [0.3, 0.4) is 0 Å². The Hall–Kier alpha value is -3.91. The molecule has 4 aromatic carbocycles. The van der Waals surface area contributed by atoms with Crippen molar-refractivity contribution in [3.05, 3.63) is 108 Å². The molecule has 0 saturated heterocycles. The van der Waals surface area contributed by atoms with E-state index < -0.39 is 0 Å². The summed E-state index contributed by atoms with van der Waals surface area (Å²) in [6.45, 7) is 4.45. The average molecular weight is 414 g/mol. The maximum atomic E-state index is 2.39. The molecule has 0 fully saturated rings. The van der Waals surface area contributed by atoms with Crippen LogP contribution in [0.5, 0.6) is 0 Å². The Labute approximate surface area is 188 Å². The summed E-state index contributed by atoms with van der Waals surface area (Å²) in [5.41, 5.74) is 10.1. The molecule has 0 spiro atoms. The quantitative estimate of drug-likeness (QED) is 0.269. The van der Waals surface area contributed by atoms with Gasteiger partial charge in [0.15, 0.2) is 0 Å². The predicted molar refractivity (Wildman–Crippen MR) is 134 cm³/mol. The molecule has 6 aromatic rings. The number of hydrogen-bond acceptors (Lipinski definition) is 0. The normalized spacial score (nSPS) is 11.6. The molecule has 0 aliphatic heterocycles.